The Balaban J connectivity index is 2.30. The monoisotopic (exact) mass is 232 g/mol. The van der Waals surface area contributed by atoms with Crippen LogP contribution in [0.3, 0.4) is 0 Å². The molecule has 0 aliphatic rings. The van der Waals surface area contributed by atoms with Crippen LogP contribution in [0.2, 0.25) is 0 Å². The predicted molar refractivity (Wildman–Crippen MR) is 71.2 cm³/mol. The first-order valence-electron chi connectivity index (χ1n) is 5.76. The van der Waals surface area contributed by atoms with Gasteiger partial charge in [-0.25, -0.2) is 0 Å². The normalized spacial score (nSPS) is 12.6. The maximum atomic E-state index is 5.63. The number of rotatable bonds is 7. The van der Waals surface area contributed by atoms with Crippen molar-refractivity contribution in [3.8, 4) is 5.75 Å². The van der Waals surface area contributed by atoms with Gasteiger partial charge < -0.3 is 9.47 Å². The second-order valence-electron chi connectivity index (χ2n) is 3.96. The molecule has 0 bridgehead atoms. The average molecular weight is 232 g/mol. The Kier molecular flexibility index (Phi) is 6.12. The maximum Gasteiger partial charge on any atom is 0.118 e. The number of benzene rings is 1. The van der Waals surface area contributed by atoms with Crippen LogP contribution in [0, 0.1) is 5.92 Å². The molecule has 0 heterocycles. The van der Waals surface area contributed by atoms with Crippen LogP contribution in [0.4, 0.5) is 0 Å². The lowest BCUT2D eigenvalue weighted by Gasteiger charge is -2.08. The molecule has 0 radical (unpaired) electrons. The van der Waals surface area contributed by atoms with E-state index in [-0.39, 0.29) is 0 Å². The molecule has 0 spiro atoms. The minimum absolute atomic E-state index is 0.409. The fourth-order valence-electron chi connectivity index (χ4n) is 1.41. The van der Waals surface area contributed by atoms with E-state index in [1.54, 1.807) is 13.2 Å². The van der Waals surface area contributed by atoms with Gasteiger partial charge >= 0.3 is 0 Å². The second-order valence-corrected chi connectivity index (χ2v) is 3.96. The molecule has 92 valence electrons. The van der Waals surface area contributed by atoms with E-state index in [9.17, 15) is 0 Å². The molecule has 0 aliphatic carbocycles. The van der Waals surface area contributed by atoms with E-state index in [0.29, 0.717) is 12.5 Å². The highest BCUT2D eigenvalue weighted by molar-refractivity contribution is 5.26. The number of ether oxygens (including phenoxy) is 2. The second kappa shape index (κ2) is 7.69. The van der Waals surface area contributed by atoms with Gasteiger partial charge in [-0.1, -0.05) is 43.9 Å². The van der Waals surface area contributed by atoms with Gasteiger partial charge in [-0.2, -0.15) is 0 Å². The molecule has 0 unspecified atom stereocenters. The fourth-order valence-corrected chi connectivity index (χ4v) is 1.41. The fraction of sp³-hybridized carbons (Fsp3) is 0.333. The summed E-state index contributed by atoms with van der Waals surface area (Å²) in [5.41, 5.74) is 1.16. The third-order valence-electron chi connectivity index (χ3n) is 2.38. The molecular formula is C15H20O2. The molecule has 1 aromatic rings. The Bertz CT molecular complexity index is 352. The lowest BCUT2D eigenvalue weighted by Crippen LogP contribution is -2.03. The van der Waals surface area contributed by atoms with Crippen LogP contribution in [0.25, 0.3) is 0 Å². The molecule has 2 nitrogen and oxygen atoms in total. The van der Waals surface area contributed by atoms with Gasteiger partial charge in [0.05, 0.1) is 20.3 Å². The minimum Gasteiger partial charge on any atom is -0.497 e. The zero-order valence-corrected chi connectivity index (χ0v) is 10.6. The summed E-state index contributed by atoms with van der Waals surface area (Å²) in [6.45, 7) is 7.11. The van der Waals surface area contributed by atoms with Crippen molar-refractivity contribution < 1.29 is 9.47 Å². The number of allylic oxidation sites excluding steroid dienone is 2. The molecule has 1 aromatic carbocycles. The lowest BCUT2D eigenvalue weighted by atomic mass is 10.2. The maximum absolute atomic E-state index is 5.63. The van der Waals surface area contributed by atoms with E-state index < -0.39 is 0 Å². The van der Waals surface area contributed by atoms with Crippen molar-refractivity contribution in [2.45, 2.75) is 13.5 Å². The summed E-state index contributed by atoms with van der Waals surface area (Å²) in [6.07, 6.45) is 5.81. The van der Waals surface area contributed by atoms with E-state index in [1.807, 2.05) is 30.3 Å². The van der Waals surface area contributed by atoms with Crippen LogP contribution in [0.5, 0.6) is 5.75 Å². The smallest absolute Gasteiger partial charge is 0.118 e. The summed E-state index contributed by atoms with van der Waals surface area (Å²) in [4.78, 5) is 0. The Morgan fingerprint density at radius 2 is 2.00 bits per heavy atom. The quantitative estimate of drug-likeness (QED) is 0.669. The first-order valence-corrected chi connectivity index (χ1v) is 5.76. The van der Waals surface area contributed by atoms with Gasteiger partial charge in [0.15, 0.2) is 0 Å². The molecular weight excluding hydrogens is 212 g/mol. The van der Waals surface area contributed by atoms with Crippen molar-refractivity contribution in [1.29, 1.82) is 0 Å². The summed E-state index contributed by atoms with van der Waals surface area (Å²) in [6, 6.07) is 7.92. The van der Waals surface area contributed by atoms with Gasteiger partial charge in [-0.15, -0.1) is 0 Å². The third-order valence-corrected chi connectivity index (χ3v) is 2.38. The van der Waals surface area contributed by atoms with E-state index in [2.05, 4.69) is 19.6 Å². The number of hydrogen-bond donors (Lipinski definition) is 0. The van der Waals surface area contributed by atoms with Gasteiger partial charge in [-0.3, -0.25) is 0 Å². The topological polar surface area (TPSA) is 18.5 Å². The molecule has 1 atom stereocenters. The van der Waals surface area contributed by atoms with Gasteiger partial charge in [0.1, 0.15) is 5.75 Å². The van der Waals surface area contributed by atoms with Crippen LogP contribution in [-0.4, -0.2) is 13.7 Å². The van der Waals surface area contributed by atoms with Crippen LogP contribution in [-0.2, 0) is 11.3 Å². The predicted octanol–water partition coefficient (Wildman–Crippen LogP) is 3.59. The highest BCUT2D eigenvalue weighted by Crippen LogP contribution is 2.12. The van der Waals surface area contributed by atoms with Crippen molar-refractivity contribution >= 4 is 0 Å². The highest BCUT2D eigenvalue weighted by Gasteiger charge is 1.98. The molecule has 1 rings (SSSR count). The van der Waals surface area contributed by atoms with Crippen molar-refractivity contribution in [3.63, 3.8) is 0 Å². The zero-order chi connectivity index (χ0) is 12.5. The van der Waals surface area contributed by atoms with E-state index in [4.69, 9.17) is 9.47 Å². The highest BCUT2D eigenvalue weighted by atomic mass is 16.5. The lowest BCUT2D eigenvalue weighted by molar-refractivity contribution is 0.104. The molecule has 0 saturated heterocycles. The van der Waals surface area contributed by atoms with Gasteiger partial charge in [0, 0.05) is 0 Å². The summed E-state index contributed by atoms with van der Waals surface area (Å²) < 4.78 is 10.7. The Morgan fingerprint density at radius 1 is 1.29 bits per heavy atom. The number of hydrogen-bond acceptors (Lipinski definition) is 2. The van der Waals surface area contributed by atoms with E-state index in [1.165, 1.54) is 0 Å². The van der Waals surface area contributed by atoms with Crippen LogP contribution >= 0.6 is 0 Å². The SMILES string of the molecule is C=CC=C[C@H](C)COCc1ccc(OC)cc1. The van der Waals surface area contributed by atoms with Crippen molar-refractivity contribution in [1.82, 2.24) is 0 Å². The molecule has 0 aromatic heterocycles. The Hall–Kier alpha value is -1.54. The molecule has 0 aliphatic heterocycles. The van der Waals surface area contributed by atoms with Crippen LogP contribution in [0.15, 0.2) is 49.1 Å². The molecule has 0 saturated carbocycles. The van der Waals surface area contributed by atoms with Gasteiger partial charge in [-0.05, 0) is 23.6 Å². The molecule has 17 heavy (non-hydrogen) atoms. The molecule has 0 N–H and O–H groups in total. The first-order chi connectivity index (χ1) is 8.26. The third kappa shape index (κ3) is 5.36. The summed E-state index contributed by atoms with van der Waals surface area (Å²) in [5.74, 6) is 1.28. The van der Waals surface area contributed by atoms with Crippen LogP contribution in [0.1, 0.15) is 12.5 Å². The largest absolute Gasteiger partial charge is 0.497 e. The minimum atomic E-state index is 0.409. The number of methoxy groups -OCH3 is 1. The van der Waals surface area contributed by atoms with Crippen LogP contribution < -0.4 is 4.74 Å². The molecule has 0 fully saturated rings. The molecule has 0 amide bonds. The Labute approximate surface area is 104 Å². The van der Waals surface area contributed by atoms with E-state index >= 15 is 0 Å². The summed E-state index contributed by atoms with van der Waals surface area (Å²) in [5, 5.41) is 0. The van der Waals surface area contributed by atoms with Gasteiger partial charge in [0.25, 0.3) is 0 Å². The van der Waals surface area contributed by atoms with Gasteiger partial charge in [0.2, 0.25) is 0 Å². The standard InChI is InChI=1S/C15H20O2/c1-4-5-6-13(2)11-17-12-14-7-9-15(16-3)10-8-14/h4-10,13H,1,11-12H2,2-3H3/t13-/m0/s1. The van der Waals surface area contributed by atoms with Crippen molar-refractivity contribution in [2.75, 3.05) is 13.7 Å². The summed E-state index contributed by atoms with van der Waals surface area (Å²) >= 11 is 0. The average Bonchev–Trinajstić information content (AvgIpc) is 2.37. The van der Waals surface area contributed by atoms with E-state index in [0.717, 1.165) is 17.9 Å². The van der Waals surface area contributed by atoms with Crippen molar-refractivity contribution in [2.24, 2.45) is 5.92 Å². The Morgan fingerprint density at radius 3 is 2.59 bits per heavy atom. The summed E-state index contributed by atoms with van der Waals surface area (Å²) in [7, 11) is 1.67. The zero-order valence-electron chi connectivity index (χ0n) is 10.6. The first kappa shape index (κ1) is 13.5. The van der Waals surface area contributed by atoms with Crippen molar-refractivity contribution in [3.05, 3.63) is 54.6 Å². The molecule has 2 heteroatoms.